The Morgan fingerprint density at radius 2 is 1.90 bits per heavy atom. The molecule has 21 heavy (non-hydrogen) atoms. The van der Waals surface area contributed by atoms with Gasteiger partial charge in [-0.1, -0.05) is 43.7 Å². The SMILES string of the molecule is O=C(Nc1nc(Cl)c2[nH]cnc2n1)C1CCCCCCC1. The molecule has 3 rings (SSSR count). The van der Waals surface area contributed by atoms with Gasteiger partial charge in [-0.3, -0.25) is 10.1 Å². The second-order valence-corrected chi connectivity index (χ2v) is 5.83. The van der Waals surface area contributed by atoms with Crippen molar-refractivity contribution in [2.75, 3.05) is 5.32 Å². The minimum absolute atomic E-state index is 0.0112. The van der Waals surface area contributed by atoms with Gasteiger partial charge in [0.1, 0.15) is 5.52 Å². The maximum atomic E-state index is 12.4. The van der Waals surface area contributed by atoms with E-state index in [-0.39, 0.29) is 22.9 Å². The van der Waals surface area contributed by atoms with Crippen molar-refractivity contribution in [2.24, 2.45) is 5.92 Å². The summed E-state index contributed by atoms with van der Waals surface area (Å²) in [5.41, 5.74) is 1.04. The number of imidazole rings is 1. The van der Waals surface area contributed by atoms with E-state index in [9.17, 15) is 4.79 Å². The molecule has 1 amide bonds. The number of H-pyrrole nitrogens is 1. The van der Waals surface area contributed by atoms with Crippen molar-refractivity contribution in [2.45, 2.75) is 44.9 Å². The number of fused-ring (bicyclic) bond motifs is 1. The molecular weight excluding hydrogens is 290 g/mol. The highest BCUT2D eigenvalue weighted by Crippen LogP contribution is 2.24. The van der Waals surface area contributed by atoms with E-state index >= 15 is 0 Å². The van der Waals surface area contributed by atoms with E-state index in [1.165, 1.54) is 25.6 Å². The Kier molecular flexibility index (Phi) is 4.34. The van der Waals surface area contributed by atoms with Crippen LogP contribution < -0.4 is 5.32 Å². The smallest absolute Gasteiger partial charge is 0.233 e. The van der Waals surface area contributed by atoms with Crippen molar-refractivity contribution in [3.8, 4) is 0 Å². The number of anilines is 1. The van der Waals surface area contributed by atoms with Gasteiger partial charge in [0, 0.05) is 5.92 Å². The lowest BCUT2D eigenvalue weighted by molar-refractivity contribution is -0.120. The summed E-state index contributed by atoms with van der Waals surface area (Å²) in [5.74, 6) is 0.261. The largest absolute Gasteiger partial charge is 0.341 e. The van der Waals surface area contributed by atoms with E-state index in [2.05, 4.69) is 25.3 Å². The van der Waals surface area contributed by atoms with E-state index in [4.69, 9.17) is 11.6 Å². The van der Waals surface area contributed by atoms with Crippen LogP contribution in [-0.4, -0.2) is 25.8 Å². The Hall–Kier alpha value is -1.69. The summed E-state index contributed by atoms with van der Waals surface area (Å²) in [4.78, 5) is 27.6. The van der Waals surface area contributed by atoms with Crippen LogP contribution in [0.2, 0.25) is 5.15 Å². The van der Waals surface area contributed by atoms with Crippen molar-refractivity contribution in [3.63, 3.8) is 0 Å². The molecule has 6 nitrogen and oxygen atoms in total. The molecule has 0 bridgehead atoms. The van der Waals surface area contributed by atoms with Crippen molar-refractivity contribution in [1.82, 2.24) is 19.9 Å². The van der Waals surface area contributed by atoms with Gasteiger partial charge in [0.05, 0.1) is 6.33 Å². The second kappa shape index (κ2) is 6.39. The van der Waals surface area contributed by atoms with Crippen LogP contribution in [-0.2, 0) is 4.79 Å². The van der Waals surface area contributed by atoms with E-state index in [1.54, 1.807) is 0 Å². The van der Waals surface area contributed by atoms with Crippen LogP contribution in [0.5, 0.6) is 0 Å². The number of rotatable bonds is 2. The van der Waals surface area contributed by atoms with E-state index in [0.717, 1.165) is 25.7 Å². The first-order valence-corrected chi connectivity index (χ1v) is 7.79. The molecule has 0 unspecified atom stereocenters. The van der Waals surface area contributed by atoms with Gasteiger partial charge in [0.15, 0.2) is 10.8 Å². The minimum Gasteiger partial charge on any atom is -0.341 e. The van der Waals surface area contributed by atoms with E-state index in [1.807, 2.05) is 0 Å². The van der Waals surface area contributed by atoms with Gasteiger partial charge in [-0.15, -0.1) is 0 Å². The third-order valence-corrected chi connectivity index (χ3v) is 4.23. The fourth-order valence-corrected chi connectivity index (χ4v) is 3.00. The number of hydrogen-bond acceptors (Lipinski definition) is 4. The molecule has 112 valence electrons. The molecule has 7 heteroatoms. The summed E-state index contributed by atoms with van der Waals surface area (Å²) in [6, 6.07) is 0. The number of carbonyl (C=O) groups excluding carboxylic acids is 1. The van der Waals surface area contributed by atoms with Crippen molar-refractivity contribution >= 4 is 34.6 Å². The lowest BCUT2D eigenvalue weighted by atomic mass is 9.90. The molecule has 2 N–H and O–H groups in total. The second-order valence-electron chi connectivity index (χ2n) is 5.47. The van der Waals surface area contributed by atoms with Gasteiger partial charge in [-0.2, -0.15) is 9.97 Å². The maximum Gasteiger partial charge on any atom is 0.233 e. The molecule has 0 aliphatic heterocycles. The number of nitrogens with one attached hydrogen (secondary N) is 2. The molecule has 0 spiro atoms. The Labute approximate surface area is 127 Å². The van der Waals surface area contributed by atoms with Gasteiger partial charge in [-0.25, -0.2) is 4.98 Å². The Morgan fingerprint density at radius 1 is 1.19 bits per heavy atom. The first-order chi connectivity index (χ1) is 10.2. The zero-order valence-corrected chi connectivity index (χ0v) is 12.5. The summed E-state index contributed by atoms with van der Waals surface area (Å²) in [7, 11) is 0. The predicted molar refractivity (Wildman–Crippen MR) is 81.1 cm³/mol. The zero-order valence-electron chi connectivity index (χ0n) is 11.7. The Morgan fingerprint density at radius 3 is 2.67 bits per heavy atom. The van der Waals surface area contributed by atoms with Gasteiger partial charge in [0.2, 0.25) is 11.9 Å². The van der Waals surface area contributed by atoms with Crippen molar-refractivity contribution in [3.05, 3.63) is 11.5 Å². The number of aromatic nitrogens is 4. The van der Waals surface area contributed by atoms with Crippen LogP contribution in [0.1, 0.15) is 44.9 Å². The third-order valence-electron chi connectivity index (χ3n) is 3.95. The minimum atomic E-state index is -0.0112. The molecule has 1 saturated carbocycles. The molecule has 2 aromatic rings. The molecule has 2 aromatic heterocycles. The average Bonchev–Trinajstić information content (AvgIpc) is 2.86. The Bertz CT molecular complexity index is 633. The van der Waals surface area contributed by atoms with Crippen LogP contribution in [0.3, 0.4) is 0 Å². The van der Waals surface area contributed by atoms with E-state index < -0.39 is 0 Å². The number of amides is 1. The fourth-order valence-electron chi connectivity index (χ4n) is 2.78. The first-order valence-electron chi connectivity index (χ1n) is 7.41. The predicted octanol–water partition coefficient (Wildman–Crippen LogP) is 3.31. The highest BCUT2D eigenvalue weighted by molar-refractivity contribution is 6.33. The number of aromatic amines is 1. The number of nitrogens with zero attached hydrogens (tertiary/aromatic N) is 3. The topological polar surface area (TPSA) is 83.6 Å². The average molecular weight is 308 g/mol. The summed E-state index contributed by atoms with van der Waals surface area (Å²) in [6.45, 7) is 0. The van der Waals surface area contributed by atoms with Crippen LogP contribution in [0.15, 0.2) is 6.33 Å². The zero-order chi connectivity index (χ0) is 14.7. The number of hydrogen-bond donors (Lipinski definition) is 2. The third kappa shape index (κ3) is 3.32. The van der Waals surface area contributed by atoms with Crippen LogP contribution in [0.4, 0.5) is 5.95 Å². The number of halogens is 1. The molecular formula is C14H18ClN5O. The fraction of sp³-hybridized carbons (Fsp3) is 0.571. The van der Waals surface area contributed by atoms with Crippen molar-refractivity contribution in [1.29, 1.82) is 0 Å². The first kappa shape index (κ1) is 14.3. The summed E-state index contributed by atoms with van der Waals surface area (Å²) in [6.07, 6.45) is 9.30. The van der Waals surface area contributed by atoms with Crippen LogP contribution >= 0.6 is 11.6 Å². The van der Waals surface area contributed by atoms with Gasteiger partial charge in [-0.05, 0) is 12.8 Å². The molecule has 0 saturated heterocycles. The molecule has 2 heterocycles. The lowest BCUT2D eigenvalue weighted by Gasteiger charge is -2.18. The molecule has 0 atom stereocenters. The number of carbonyl (C=O) groups is 1. The molecule has 1 aliphatic carbocycles. The molecule has 1 fully saturated rings. The molecule has 0 aromatic carbocycles. The lowest BCUT2D eigenvalue weighted by Crippen LogP contribution is -2.24. The summed E-state index contributed by atoms with van der Waals surface area (Å²) >= 11 is 6.05. The molecule has 0 radical (unpaired) electrons. The summed E-state index contributed by atoms with van der Waals surface area (Å²) in [5, 5.41) is 3.05. The quantitative estimate of drug-likeness (QED) is 0.834. The van der Waals surface area contributed by atoms with Crippen LogP contribution in [0, 0.1) is 5.92 Å². The van der Waals surface area contributed by atoms with Crippen LogP contribution in [0.25, 0.3) is 11.2 Å². The highest BCUT2D eigenvalue weighted by atomic mass is 35.5. The maximum absolute atomic E-state index is 12.4. The summed E-state index contributed by atoms with van der Waals surface area (Å²) < 4.78 is 0. The van der Waals surface area contributed by atoms with Crippen molar-refractivity contribution < 1.29 is 4.79 Å². The normalized spacial score (nSPS) is 17.4. The molecule has 1 aliphatic rings. The van der Waals surface area contributed by atoms with Gasteiger partial charge in [0.25, 0.3) is 0 Å². The highest BCUT2D eigenvalue weighted by Gasteiger charge is 2.20. The standard InChI is InChI=1S/C14H18ClN5O/c15-11-10-12(17-8-16-10)19-14(18-11)20-13(21)9-6-4-2-1-3-5-7-9/h8-9H,1-7H2,(H2,16,17,18,19,20,21). The monoisotopic (exact) mass is 307 g/mol. The Balaban J connectivity index is 1.72. The van der Waals surface area contributed by atoms with E-state index in [0.29, 0.717) is 11.2 Å². The van der Waals surface area contributed by atoms with Gasteiger partial charge < -0.3 is 4.98 Å². The van der Waals surface area contributed by atoms with Gasteiger partial charge >= 0.3 is 0 Å².